The van der Waals surface area contributed by atoms with Gasteiger partial charge in [0.15, 0.2) is 5.90 Å². The second-order valence-corrected chi connectivity index (χ2v) is 16.6. The Kier molecular flexibility index (Phi) is 7.65. The monoisotopic (exact) mass is 568 g/mol. The molecule has 1 heterocycles. The molecule has 0 radical (unpaired) electrons. The lowest BCUT2D eigenvalue weighted by molar-refractivity contribution is -0.163. The van der Waals surface area contributed by atoms with Crippen LogP contribution in [0, 0.1) is 51.2 Å². The SMILES string of the molecule is CC(C)C1=N[C@H]2CC=C3C[C@H]4C(=O)C[C@]5(C)[C@@H]([C@H](C)N(C)C)[C@H](OC(=O)C(C)(C)C)C[C@@]5(C)[C@@H]4CC[C@H]3[C@]2(C)CO1. The summed E-state index contributed by atoms with van der Waals surface area (Å²) in [7, 11) is 4.22. The first-order valence-electron chi connectivity index (χ1n) is 16.2. The highest BCUT2D eigenvalue weighted by atomic mass is 16.5. The molecule has 0 spiro atoms. The van der Waals surface area contributed by atoms with Crippen molar-refractivity contribution in [3.8, 4) is 0 Å². The summed E-state index contributed by atoms with van der Waals surface area (Å²) in [6, 6.07) is 0.434. The van der Waals surface area contributed by atoms with Crippen molar-refractivity contribution in [2.45, 2.75) is 119 Å². The zero-order valence-electron chi connectivity index (χ0n) is 27.7. The van der Waals surface area contributed by atoms with Crippen molar-refractivity contribution >= 4 is 17.7 Å². The largest absolute Gasteiger partial charge is 0.480 e. The van der Waals surface area contributed by atoms with E-state index < -0.39 is 5.41 Å². The number of Topliss-reactive ketones (excluding diaryl/α,β-unsaturated/α-hetero) is 1. The number of aliphatic imine (C=N–C) groups is 1. The number of ether oxygens (including phenoxy) is 2. The Balaban J connectivity index is 1.50. The van der Waals surface area contributed by atoms with Crippen molar-refractivity contribution in [2.75, 3.05) is 20.7 Å². The van der Waals surface area contributed by atoms with Gasteiger partial charge >= 0.3 is 5.97 Å². The van der Waals surface area contributed by atoms with E-state index in [4.69, 9.17) is 14.5 Å². The van der Waals surface area contributed by atoms with E-state index in [-0.39, 0.29) is 58.2 Å². The molecule has 6 nitrogen and oxygen atoms in total. The van der Waals surface area contributed by atoms with Gasteiger partial charge in [-0.05, 0) is 96.6 Å². The first-order valence-corrected chi connectivity index (χ1v) is 16.2. The number of rotatable bonds is 4. The standard InChI is InChI=1S/C35H56N2O4/c1-20(2)30-36-28-15-12-22-16-23-25(14-13-24(22)33(28,7)19-40-30)34(8)18-27(41-31(39)32(4,5)6)29(21(3)37(10)11)35(34,9)17-26(23)38/h12,20-21,23-25,27-29H,13-19H2,1-11H3/t21-,23+,24+,25+,27+,28-,29-,33-,34-,35+/m0/s1. The highest BCUT2D eigenvalue weighted by Crippen LogP contribution is 2.70. The second kappa shape index (κ2) is 10.2. The van der Waals surface area contributed by atoms with Crippen LogP contribution in [0.1, 0.15) is 101 Å². The minimum atomic E-state index is -0.559. The zero-order valence-corrected chi connectivity index (χ0v) is 27.7. The lowest BCUT2D eigenvalue weighted by Gasteiger charge is -2.56. The topological polar surface area (TPSA) is 68.2 Å². The molecule has 0 aromatic heterocycles. The van der Waals surface area contributed by atoms with Crippen molar-refractivity contribution in [1.82, 2.24) is 4.90 Å². The van der Waals surface area contributed by atoms with Crippen LogP contribution >= 0.6 is 0 Å². The maximum absolute atomic E-state index is 14.3. The molecule has 41 heavy (non-hydrogen) atoms. The van der Waals surface area contributed by atoms with Crippen molar-refractivity contribution in [3.63, 3.8) is 0 Å². The molecular weight excluding hydrogens is 512 g/mol. The molecule has 3 fully saturated rings. The molecule has 1 aliphatic heterocycles. The Hall–Kier alpha value is -1.69. The van der Waals surface area contributed by atoms with E-state index in [1.165, 1.54) is 5.57 Å². The summed E-state index contributed by atoms with van der Waals surface area (Å²) in [5.41, 5.74) is 0.542. The molecule has 0 unspecified atom stereocenters. The molecule has 0 bridgehead atoms. The summed E-state index contributed by atoms with van der Waals surface area (Å²) in [5, 5.41) is 0. The fraction of sp³-hybridized carbons (Fsp3) is 0.857. The molecular formula is C35H56N2O4. The van der Waals surface area contributed by atoms with Gasteiger partial charge < -0.3 is 14.4 Å². The first-order chi connectivity index (χ1) is 18.9. The molecule has 230 valence electrons. The predicted molar refractivity (Wildman–Crippen MR) is 164 cm³/mol. The van der Waals surface area contributed by atoms with Crippen LogP contribution < -0.4 is 0 Å². The van der Waals surface area contributed by atoms with Gasteiger partial charge in [0, 0.05) is 35.6 Å². The van der Waals surface area contributed by atoms with Crippen LogP contribution in [0.2, 0.25) is 0 Å². The Morgan fingerprint density at radius 2 is 1.80 bits per heavy atom. The molecule has 0 aromatic rings. The Morgan fingerprint density at radius 1 is 1.12 bits per heavy atom. The van der Waals surface area contributed by atoms with E-state index in [2.05, 4.69) is 66.6 Å². The third kappa shape index (κ3) is 4.73. The van der Waals surface area contributed by atoms with Gasteiger partial charge in [0.05, 0.1) is 18.1 Å². The number of allylic oxidation sites excluding steroid dienone is 1. The van der Waals surface area contributed by atoms with Crippen LogP contribution in [0.3, 0.4) is 0 Å². The van der Waals surface area contributed by atoms with Gasteiger partial charge in [-0.15, -0.1) is 0 Å². The van der Waals surface area contributed by atoms with Gasteiger partial charge in [-0.1, -0.05) is 46.3 Å². The van der Waals surface area contributed by atoms with Crippen molar-refractivity contribution in [1.29, 1.82) is 0 Å². The molecule has 6 heteroatoms. The third-order valence-electron chi connectivity index (χ3n) is 12.7. The Bertz CT molecular complexity index is 1130. The van der Waals surface area contributed by atoms with E-state index in [9.17, 15) is 9.59 Å². The van der Waals surface area contributed by atoms with Gasteiger partial charge in [-0.2, -0.15) is 0 Å². The highest BCUT2D eigenvalue weighted by Gasteiger charge is 2.69. The van der Waals surface area contributed by atoms with Crippen LogP contribution in [0.4, 0.5) is 0 Å². The average molecular weight is 569 g/mol. The molecule has 5 aliphatic rings. The second-order valence-electron chi connectivity index (χ2n) is 16.6. The van der Waals surface area contributed by atoms with Gasteiger partial charge in [0.25, 0.3) is 0 Å². The number of hydrogen-bond donors (Lipinski definition) is 0. The fourth-order valence-electron chi connectivity index (χ4n) is 9.80. The number of esters is 1. The molecule has 0 amide bonds. The summed E-state index contributed by atoms with van der Waals surface area (Å²) in [6.45, 7) is 20.2. The molecule has 3 saturated carbocycles. The number of fused-ring (bicyclic) bond motifs is 6. The first kappa shape index (κ1) is 30.8. The maximum atomic E-state index is 14.3. The van der Waals surface area contributed by atoms with Crippen LogP contribution in [0.25, 0.3) is 0 Å². The Morgan fingerprint density at radius 3 is 2.41 bits per heavy atom. The number of hydrogen-bond acceptors (Lipinski definition) is 6. The van der Waals surface area contributed by atoms with E-state index in [1.807, 2.05) is 20.8 Å². The molecule has 10 atom stereocenters. The highest BCUT2D eigenvalue weighted by molar-refractivity contribution is 5.84. The van der Waals surface area contributed by atoms with Gasteiger partial charge in [-0.3, -0.25) is 14.6 Å². The van der Waals surface area contributed by atoms with Gasteiger partial charge in [0.2, 0.25) is 0 Å². The van der Waals surface area contributed by atoms with Gasteiger partial charge in [0.1, 0.15) is 11.9 Å². The van der Waals surface area contributed by atoms with Crippen molar-refractivity contribution in [2.24, 2.45) is 56.2 Å². The number of ketones is 1. The van der Waals surface area contributed by atoms with Gasteiger partial charge in [-0.25, -0.2) is 0 Å². The summed E-state index contributed by atoms with van der Waals surface area (Å²) in [4.78, 5) is 34.9. The van der Waals surface area contributed by atoms with Crippen molar-refractivity contribution < 1.29 is 19.1 Å². The predicted octanol–water partition coefficient (Wildman–Crippen LogP) is 6.72. The zero-order chi connectivity index (χ0) is 30.3. The molecule has 0 aromatic carbocycles. The lowest BCUT2D eigenvalue weighted by Crippen LogP contribution is -2.55. The normalized spacial score (nSPS) is 43.1. The average Bonchev–Trinajstić information content (AvgIpc) is 2.98. The molecule has 5 rings (SSSR count). The summed E-state index contributed by atoms with van der Waals surface area (Å²) in [5.74, 6) is 2.28. The molecule has 0 saturated heterocycles. The van der Waals surface area contributed by atoms with Crippen molar-refractivity contribution in [3.05, 3.63) is 11.6 Å². The summed E-state index contributed by atoms with van der Waals surface area (Å²) < 4.78 is 12.7. The minimum Gasteiger partial charge on any atom is -0.480 e. The summed E-state index contributed by atoms with van der Waals surface area (Å²) >= 11 is 0. The van der Waals surface area contributed by atoms with E-state index in [1.54, 1.807) is 0 Å². The maximum Gasteiger partial charge on any atom is 0.311 e. The van der Waals surface area contributed by atoms with E-state index >= 15 is 0 Å². The van der Waals surface area contributed by atoms with Crippen LogP contribution in [0.15, 0.2) is 16.6 Å². The fourth-order valence-corrected chi connectivity index (χ4v) is 9.80. The molecule has 0 N–H and O–H groups in total. The Labute approximate surface area is 249 Å². The number of nitrogens with zero attached hydrogens (tertiary/aromatic N) is 2. The van der Waals surface area contributed by atoms with E-state index in [0.717, 1.165) is 38.0 Å². The smallest absolute Gasteiger partial charge is 0.311 e. The van der Waals surface area contributed by atoms with Crippen LogP contribution in [0.5, 0.6) is 0 Å². The van der Waals surface area contributed by atoms with Crippen LogP contribution in [-0.4, -0.2) is 61.4 Å². The van der Waals surface area contributed by atoms with E-state index in [0.29, 0.717) is 30.6 Å². The minimum absolute atomic E-state index is 0.0361. The number of carbonyl (C=O) groups is 2. The number of carbonyl (C=O) groups excluding carboxylic acids is 2. The quantitative estimate of drug-likeness (QED) is 0.278. The summed E-state index contributed by atoms with van der Waals surface area (Å²) in [6.07, 6.45) is 7.54. The lowest BCUT2D eigenvalue weighted by atomic mass is 9.48. The third-order valence-corrected chi connectivity index (χ3v) is 12.7. The molecule has 4 aliphatic carbocycles. The van der Waals surface area contributed by atoms with Crippen LogP contribution in [-0.2, 0) is 19.1 Å².